The number of para-hydroxylation sites is 1. The first-order chi connectivity index (χ1) is 11.2. The lowest BCUT2D eigenvalue weighted by Gasteiger charge is -2.27. The molecule has 0 aliphatic heterocycles. The molecular weight excluding hydrogens is 312 g/mol. The van der Waals surface area contributed by atoms with E-state index in [-0.39, 0.29) is 12.5 Å². The van der Waals surface area contributed by atoms with Gasteiger partial charge in [-0.3, -0.25) is 4.79 Å². The molecule has 1 aliphatic rings. The fourth-order valence-electron chi connectivity index (χ4n) is 3.00. The maximum Gasteiger partial charge on any atom is 0.271 e. The van der Waals surface area contributed by atoms with Gasteiger partial charge in [0, 0.05) is 5.38 Å². The summed E-state index contributed by atoms with van der Waals surface area (Å²) in [5.41, 5.74) is 0.776. The average molecular weight is 332 g/mol. The molecule has 1 aromatic heterocycles. The Morgan fingerprint density at radius 1 is 1.39 bits per heavy atom. The van der Waals surface area contributed by atoms with Gasteiger partial charge < -0.3 is 15.2 Å². The SMILES string of the molecule is COc1ccccc1-c1nc(C(=O)NC2(CO)CCCC2)cs1. The number of nitrogens with zero attached hydrogens (tertiary/aromatic N) is 1. The number of rotatable bonds is 5. The topological polar surface area (TPSA) is 71.5 Å². The Kier molecular flexibility index (Phi) is 4.63. The van der Waals surface area contributed by atoms with Crippen molar-refractivity contribution in [3.8, 4) is 16.3 Å². The summed E-state index contributed by atoms with van der Waals surface area (Å²) in [7, 11) is 1.62. The highest BCUT2D eigenvalue weighted by molar-refractivity contribution is 7.13. The Bertz CT molecular complexity index is 693. The van der Waals surface area contributed by atoms with Crippen LogP contribution in [0.2, 0.25) is 0 Å². The zero-order chi connectivity index (χ0) is 16.3. The Morgan fingerprint density at radius 2 is 2.13 bits per heavy atom. The smallest absolute Gasteiger partial charge is 0.271 e. The summed E-state index contributed by atoms with van der Waals surface area (Å²) in [4.78, 5) is 16.9. The van der Waals surface area contributed by atoms with Gasteiger partial charge in [0.15, 0.2) is 0 Å². The van der Waals surface area contributed by atoms with E-state index in [2.05, 4.69) is 10.3 Å². The van der Waals surface area contributed by atoms with Crippen LogP contribution < -0.4 is 10.1 Å². The molecule has 2 aromatic rings. The van der Waals surface area contributed by atoms with Crippen LogP contribution in [0.3, 0.4) is 0 Å². The molecule has 1 amide bonds. The Hall–Kier alpha value is -1.92. The van der Waals surface area contributed by atoms with Crippen molar-refractivity contribution in [1.29, 1.82) is 0 Å². The number of ether oxygens (including phenoxy) is 1. The number of nitrogens with one attached hydrogen (secondary N) is 1. The molecule has 1 saturated carbocycles. The lowest BCUT2D eigenvalue weighted by molar-refractivity contribution is 0.0834. The zero-order valence-electron chi connectivity index (χ0n) is 13.0. The number of aromatic nitrogens is 1. The van der Waals surface area contributed by atoms with Gasteiger partial charge >= 0.3 is 0 Å². The maximum atomic E-state index is 12.5. The number of benzene rings is 1. The summed E-state index contributed by atoms with van der Waals surface area (Å²) in [6, 6.07) is 7.61. The van der Waals surface area contributed by atoms with E-state index in [0.29, 0.717) is 5.69 Å². The third-order valence-corrected chi connectivity index (χ3v) is 5.19. The minimum Gasteiger partial charge on any atom is -0.496 e. The number of amides is 1. The molecule has 1 heterocycles. The van der Waals surface area contributed by atoms with E-state index in [1.807, 2.05) is 24.3 Å². The molecule has 3 rings (SSSR count). The van der Waals surface area contributed by atoms with Gasteiger partial charge in [0.05, 0.1) is 24.8 Å². The van der Waals surface area contributed by atoms with Gasteiger partial charge in [-0.05, 0) is 25.0 Å². The summed E-state index contributed by atoms with van der Waals surface area (Å²) in [6.07, 6.45) is 3.70. The summed E-state index contributed by atoms with van der Waals surface area (Å²) >= 11 is 1.41. The number of aliphatic hydroxyl groups is 1. The maximum absolute atomic E-state index is 12.5. The third-order valence-electron chi connectivity index (χ3n) is 4.32. The highest BCUT2D eigenvalue weighted by Gasteiger charge is 2.35. The molecule has 0 spiro atoms. The molecule has 0 unspecified atom stereocenters. The lowest BCUT2D eigenvalue weighted by atomic mass is 9.99. The van der Waals surface area contributed by atoms with E-state index < -0.39 is 5.54 Å². The van der Waals surface area contributed by atoms with Crippen molar-refractivity contribution in [3.05, 3.63) is 35.3 Å². The minimum absolute atomic E-state index is 0.0256. The van der Waals surface area contributed by atoms with Crippen molar-refractivity contribution in [2.75, 3.05) is 13.7 Å². The monoisotopic (exact) mass is 332 g/mol. The number of hydrogen-bond donors (Lipinski definition) is 2. The molecule has 1 fully saturated rings. The van der Waals surface area contributed by atoms with Crippen LogP contribution in [0.1, 0.15) is 36.2 Å². The highest BCUT2D eigenvalue weighted by Crippen LogP contribution is 2.33. The first-order valence-corrected chi connectivity index (χ1v) is 8.58. The number of carbonyl (C=O) groups excluding carboxylic acids is 1. The predicted octanol–water partition coefficient (Wildman–Crippen LogP) is 2.85. The van der Waals surface area contributed by atoms with Crippen molar-refractivity contribution in [3.63, 3.8) is 0 Å². The molecule has 2 N–H and O–H groups in total. The normalized spacial score (nSPS) is 16.3. The molecule has 23 heavy (non-hydrogen) atoms. The van der Waals surface area contributed by atoms with Gasteiger partial charge in [-0.2, -0.15) is 0 Å². The van der Waals surface area contributed by atoms with E-state index in [1.54, 1.807) is 12.5 Å². The van der Waals surface area contributed by atoms with Crippen molar-refractivity contribution in [2.45, 2.75) is 31.2 Å². The number of carbonyl (C=O) groups is 1. The molecule has 6 heteroatoms. The molecule has 0 atom stereocenters. The van der Waals surface area contributed by atoms with Crippen LogP contribution in [0.4, 0.5) is 0 Å². The van der Waals surface area contributed by atoms with Gasteiger partial charge in [-0.25, -0.2) is 4.98 Å². The largest absolute Gasteiger partial charge is 0.496 e. The molecule has 0 radical (unpaired) electrons. The van der Waals surface area contributed by atoms with E-state index in [0.717, 1.165) is 42.0 Å². The molecule has 1 aliphatic carbocycles. The van der Waals surface area contributed by atoms with Gasteiger partial charge in [0.25, 0.3) is 5.91 Å². The van der Waals surface area contributed by atoms with Crippen LogP contribution in [0.15, 0.2) is 29.6 Å². The predicted molar refractivity (Wildman–Crippen MR) is 89.9 cm³/mol. The highest BCUT2D eigenvalue weighted by atomic mass is 32.1. The van der Waals surface area contributed by atoms with Crippen LogP contribution in [0.25, 0.3) is 10.6 Å². The van der Waals surface area contributed by atoms with Crippen LogP contribution in [0.5, 0.6) is 5.75 Å². The molecule has 1 aromatic carbocycles. The average Bonchev–Trinajstić information content (AvgIpc) is 3.24. The zero-order valence-corrected chi connectivity index (χ0v) is 13.9. The second-order valence-electron chi connectivity index (χ2n) is 5.84. The van der Waals surface area contributed by atoms with Crippen molar-refractivity contribution in [1.82, 2.24) is 10.3 Å². The van der Waals surface area contributed by atoms with Crippen LogP contribution in [0, 0.1) is 0 Å². The lowest BCUT2D eigenvalue weighted by Crippen LogP contribution is -2.49. The van der Waals surface area contributed by atoms with Crippen molar-refractivity contribution >= 4 is 17.2 Å². The van der Waals surface area contributed by atoms with E-state index in [1.165, 1.54) is 11.3 Å². The van der Waals surface area contributed by atoms with Gasteiger partial charge in [0.2, 0.25) is 0 Å². The Labute approximate surface area is 139 Å². The Morgan fingerprint density at radius 3 is 2.83 bits per heavy atom. The van der Waals surface area contributed by atoms with Crippen LogP contribution in [-0.4, -0.2) is 35.3 Å². The number of aliphatic hydroxyl groups excluding tert-OH is 1. The second kappa shape index (κ2) is 6.68. The number of methoxy groups -OCH3 is 1. The molecule has 0 bridgehead atoms. The first-order valence-electron chi connectivity index (χ1n) is 7.70. The van der Waals surface area contributed by atoms with Gasteiger partial charge in [-0.1, -0.05) is 25.0 Å². The minimum atomic E-state index is -0.481. The number of hydrogen-bond acceptors (Lipinski definition) is 5. The van der Waals surface area contributed by atoms with Gasteiger partial charge in [-0.15, -0.1) is 11.3 Å². The van der Waals surface area contributed by atoms with Crippen molar-refractivity contribution in [2.24, 2.45) is 0 Å². The summed E-state index contributed by atoms with van der Waals surface area (Å²) in [6.45, 7) is -0.0256. The third kappa shape index (κ3) is 3.23. The van der Waals surface area contributed by atoms with E-state index >= 15 is 0 Å². The molecule has 122 valence electrons. The first kappa shape index (κ1) is 16.0. The molecule has 5 nitrogen and oxygen atoms in total. The molecule has 0 saturated heterocycles. The fraction of sp³-hybridized carbons (Fsp3) is 0.412. The fourth-order valence-corrected chi connectivity index (χ4v) is 3.83. The summed E-state index contributed by atoms with van der Waals surface area (Å²) in [5, 5.41) is 15.1. The van der Waals surface area contributed by atoms with Crippen LogP contribution >= 0.6 is 11.3 Å². The number of thiazole rings is 1. The van der Waals surface area contributed by atoms with E-state index in [9.17, 15) is 9.90 Å². The summed E-state index contributed by atoms with van der Waals surface area (Å²) < 4.78 is 5.34. The van der Waals surface area contributed by atoms with Crippen LogP contribution in [-0.2, 0) is 0 Å². The summed E-state index contributed by atoms with van der Waals surface area (Å²) in [5.74, 6) is 0.509. The van der Waals surface area contributed by atoms with Crippen molar-refractivity contribution < 1.29 is 14.6 Å². The Balaban J connectivity index is 1.80. The standard InChI is InChI=1S/C17H20N2O3S/c1-22-14-7-3-2-6-12(14)16-18-13(10-23-16)15(21)19-17(11-20)8-4-5-9-17/h2-3,6-7,10,20H,4-5,8-9,11H2,1H3,(H,19,21). The quantitative estimate of drug-likeness (QED) is 0.883. The second-order valence-corrected chi connectivity index (χ2v) is 6.70. The molecular formula is C17H20N2O3S. The van der Waals surface area contributed by atoms with E-state index in [4.69, 9.17) is 4.74 Å². The van der Waals surface area contributed by atoms with Gasteiger partial charge in [0.1, 0.15) is 16.5 Å².